The second-order valence-electron chi connectivity index (χ2n) is 6.98. The predicted molar refractivity (Wildman–Crippen MR) is 115 cm³/mol. The highest BCUT2D eigenvalue weighted by Gasteiger charge is 2.27. The molecule has 9 nitrogen and oxygen atoms in total. The molecule has 0 radical (unpaired) electrons. The molecular weight excluding hydrogens is 416 g/mol. The average molecular weight is 434 g/mol. The van der Waals surface area contributed by atoms with Gasteiger partial charge in [-0.15, -0.1) is 0 Å². The van der Waals surface area contributed by atoms with Crippen molar-refractivity contribution >= 4 is 34.6 Å². The van der Waals surface area contributed by atoms with Crippen LogP contribution in [0.1, 0.15) is 5.69 Å². The highest BCUT2D eigenvalue weighted by molar-refractivity contribution is 7.99. The first kappa shape index (κ1) is 19.3. The van der Waals surface area contributed by atoms with E-state index in [2.05, 4.69) is 21.0 Å². The van der Waals surface area contributed by atoms with E-state index < -0.39 is 0 Å². The number of anilines is 1. The second kappa shape index (κ2) is 8.20. The van der Waals surface area contributed by atoms with Gasteiger partial charge in [-0.2, -0.15) is 10.2 Å². The van der Waals surface area contributed by atoms with E-state index in [0.717, 1.165) is 16.2 Å². The van der Waals surface area contributed by atoms with Gasteiger partial charge in [-0.05, 0) is 24.3 Å². The first-order chi connectivity index (χ1) is 15.2. The first-order valence-corrected chi connectivity index (χ1v) is 10.7. The molecule has 1 amide bonds. The van der Waals surface area contributed by atoms with E-state index >= 15 is 0 Å². The quantitative estimate of drug-likeness (QED) is 0.477. The van der Waals surface area contributed by atoms with Gasteiger partial charge in [0.25, 0.3) is 5.89 Å². The summed E-state index contributed by atoms with van der Waals surface area (Å²) < 4.78 is 11.1. The van der Waals surface area contributed by atoms with Crippen LogP contribution >= 0.6 is 11.8 Å². The van der Waals surface area contributed by atoms with Crippen molar-refractivity contribution in [2.75, 3.05) is 36.8 Å². The molecule has 1 aromatic carbocycles. The third-order valence-corrected chi connectivity index (χ3v) is 5.92. The zero-order valence-corrected chi connectivity index (χ0v) is 17.3. The summed E-state index contributed by atoms with van der Waals surface area (Å²) in [7, 11) is 0. The lowest BCUT2D eigenvalue weighted by Crippen LogP contribution is -2.49. The fraction of sp³-hybridized carbons (Fsp3) is 0.238. The molecule has 5 rings (SSSR count). The molecule has 1 saturated heterocycles. The standard InChI is InChI=1S/C21H18N6O3S/c22-12-16-20(30-19(23-16)17-6-3-11-29-17)27-9-7-26(8-10-27)18(28)13-31-21-24-14-4-1-2-5-15(14)25-21/h1-6,11H,7-10,13H2,(H,24,25). The average Bonchev–Trinajstić information content (AvgIpc) is 3.56. The summed E-state index contributed by atoms with van der Waals surface area (Å²) in [5.41, 5.74) is 2.06. The maximum Gasteiger partial charge on any atom is 0.266 e. The van der Waals surface area contributed by atoms with Gasteiger partial charge in [0, 0.05) is 26.2 Å². The number of hydrogen-bond acceptors (Lipinski definition) is 8. The number of amides is 1. The third-order valence-electron chi connectivity index (χ3n) is 5.07. The number of carbonyl (C=O) groups is 1. The van der Waals surface area contributed by atoms with Gasteiger partial charge >= 0.3 is 0 Å². The minimum Gasteiger partial charge on any atom is -0.459 e. The highest BCUT2D eigenvalue weighted by Crippen LogP contribution is 2.29. The van der Waals surface area contributed by atoms with Crippen molar-refractivity contribution in [1.29, 1.82) is 5.26 Å². The molecule has 1 fully saturated rings. The number of thioether (sulfide) groups is 1. The minimum atomic E-state index is 0.0551. The summed E-state index contributed by atoms with van der Waals surface area (Å²) >= 11 is 1.40. The molecule has 0 aliphatic carbocycles. The summed E-state index contributed by atoms with van der Waals surface area (Å²) in [5.74, 6) is 1.53. The van der Waals surface area contributed by atoms with Crippen molar-refractivity contribution in [1.82, 2.24) is 19.9 Å². The number of fused-ring (bicyclic) bond motifs is 1. The predicted octanol–water partition coefficient (Wildman–Crippen LogP) is 3.12. The summed E-state index contributed by atoms with van der Waals surface area (Å²) in [6.45, 7) is 2.20. The molecule has 3 aromatic heterocycles. The van der Waals surface area contributed by atoms with Gasteiger partial charge in [0.2, 0.25) is 17.5 Å². The fourth-order valence-electron chi connectivity index (χ4n) is 3.48. The maximum atomic E-state index is 12.7. The number of hydrogen-bond donors (Lipinski definition) is 1. The topological polar surface area (TPSA) is 115 Å². The van der Waals surface area contributed by atoms with Crippen molar-refractivity contribution < 1.29 is 13.6 Å². The molecule has 4 heterocycles. The first-order valence-electron chi connectivity index (χ1n) is 9.76. The zero-order chi connectivity index (χ0) is 21.2. The highest BCUT2D eigenvalue weighted by atomic mass is 32.2. The van der Waals surface area contributed by atoms with Crippen LogP contribution in [0.5, 0.6) is 0 Å². The van der Waals surface area contributed by atoms with Crippen LogP contribution in [0.3, 0.4) is 0 Å². The number of nitrogens with zero attached hydrogens (tertiary/aromatic N) is 5. The van der Waals surface area contributed by atoms with Gasteiger partial charge in [-0.1, -0.05) is 23.9 Å². The number of para-hydroxylation sites is 2. The molecule has 4 aromatic rings. The van der Waals surface area contributed by atoms with Crippen LogP contribution in [0.4, 0.5) is 5.88 Å². The monoisotopic (exact) mass is 434 g/mol. The lowest BCUT2D eigenvalue weighted by molar-refractivity contribution is -0.128. The molecule has 0 unspecified atom stereocenters. The number of aromatic amines is 1. The van der Waals surface area contributed by atoms with E-state index in [1.54, 1.807) is 12.1 Å². The van der Waals surface area contributed by atoms with E-state index in [4.69, 9.17) is 8.83 Å². The molecule has 0 spiro atoms. The van der Waals surface area contributed by atoms with Gasteiger partial charge in [0.05, 0.1) is 23.0 Å². The smallest absolute Gasteiger partial charge is 0.266 e. The molecule has 31 heavy (non-hydrogen) atoms. The molecule has 1 aliphatic heterocycles. The Balaban J connectivity index is 1.19. The van der Waals surface area contributed by atoms with Crippen LogP contribution < -0.4 is 4.90 Å². The normalized spacial score (nSPS) is 14.2. The SMILES string of the molecule is N#Cc1nc(-c2ccco2)oc1N1CCN(C(=O)CSc2nc3ccccc3[nH]2)CC1. The van der Waals surface area contributed by atoms with E-state index in [-0.39, 0.29) is 17.5 Å². The van der Waals surface area contributed by atoms with Gasteiger partial charge in [0.1, 0.15) is 6.07 Å². The zero-order valence-electron chi connectivity index (χ0n) is 16.4. The number of aromatic nitrogens is 3. The van der Waals surface area contributed by atoms with Gasteiger partial charge in [0.15, 0.2) is 10.9 Å². The number of oxazole rings is 1. The van der Waals surface area contributed by atoms with Crippen molar-refractivity contribution in [2.45, 2.75) is 5.16 Å². The van der Waals surface area contributed by atoms with E-state index in [9.17, 15) is 10.1 Å². The largest absolute Gasteiger partial charge is 0.459 e. The minimum absolute atomic E-state index is 0.0551. The number of imidazole rings is 1. The number of piperazine rings is 1. The third kappa shape index (κ3) is 3.87. The molecule has 0 saturated carbocycles. The lowest BCUT2D eigenvalue weighted by Gasteiger charge is -2.34. The van der Waals surface area contributed by atoms with Crippen molar-refractivity contribution in [3.8, 4) is 17.7 Å². The van der Waals surface area contributed by atoms with Crippen LogP contribution in [-0.4, -0.2) is 57.7 Å². The Hall–Kier alpha value is -3.71. The molecule has 10 heteroatoms. The number of rotatable bonds is 5. The van der Waals surface area contributed by atoms with Crippen LogP contribution in [0.25, 0.3) is 22.7 Å². The Labute approximate surface area is 181 Å². The number of furan rings is 1. The van der Waals surface area contributed by atoms with Crippen LogP contribution in [0, 0.1) is 11.3 Å². The van der Waals surface area contributed by atoms with E-state index in [1.165, 1.54) is 18.0 Å². The summed E-state index contributed by atoms with van der Waals surface area (Å²) in [4.78, 5) is 28.4. The van der Waals surface area contributed by atoms with Gasteiger partial charge < -0.3 is 23.6 Å². The maximum absolute atomic E-state index is 12.7. The van der Waals surface area contributed by atoms with Crippen LogP contribution in [0.2, 0.25) is 0 Å². The molecular formula is C21H18N6O3S. The molecule has 0 bridgehead atoms. The molecule has 1 aliphatic rings. The number of benzene rings is 1. The van der Waals surface area contributed by atoms with Gasteiger partial charge in [-0.3, -0.25) is 4.79 Å². The Bertz CT molecular complexity index is 1210. The summed E-state index contributed by atoms with van der Waals surface area (Å²) in [5, 5.41) is 10.2. The number of nitrogens with one attached hydrogen (secondary N) is 1. The van der Waals surface area contributed by atoms with Crippen molar-refractivity contribution in [3.05, 3.63) is 48.4 Å². The molecule has 1 N–H and O–H groups in total. The Morgan fingerprint density at radius 3 is 2.74 bits per heavy atom. The Kier molecular flexibility index (Phi) is 5.09. The summed E-state index contributed by atoms with van der Waals surface area (Å²) in [6, 6.07) is 13.3. The Morgan fingerprint density at radius 1 is 1.16 bits per heavy atom. The number of carbonyl (C=O) groups excluding carboxylic acids is 1. The Morgan fingerprint density at radius 2 is 2.00 bits per heavy atom. The molecule has 0 atom stereocenters. The van der Waals surface area contributed by atoms with E-state index in [0.29, 0.717) is 43.6 Å². The molecule has 156 valence electrons. The van der Waals surface area contributed by atoms with Gasteiger partial charge in [-0.25, -0.2) is 4.98 Å². The number of nitriles is 1. The van der Waals surface area contributed by atoms with Crippen LogP contribution in [0.15, 0.2) is 56.7 Å². The fourth-order valence-corrected chi connectivity index (χ4v) is 4.27. The lowest BCUT2D eigenvalue weighted by atomic mass is 10.3. The second-order valence-corrected chi connectivity index (χ2v) is 7.94. The summed E-state index contributed by atoms with van der Waals surface area (Å²) in [6.07, 6.45) is 1.53. The van der Waals surface area contributed by atoms with Crippen molar-refractivity contribution in [3.63, 3.8) is 0 Å². The number of H-pyrrole nitrogens is 1. The van der Waals surface area contributed by atoms with Crippen molar-refractivity contribution in [2.24, 2.45) is 0 Å². The van der Waals surface area contributed by atoms with E-state index in [1.807, 2.05) is 34.1 Å². The van der Waals surface area contributed by atoms with Crippen LogP contribution in [-0.2, 0) is 4.79 Å².